The van der Waals surface area contributed by atoms with Crippen molar-refractivity contribution in [2.45, 2.75) is 71.6 Å². The van der Waals surface area contributed by atoms with Crippen LogP contribution in [0.25, 0.3) is 0 Å². The lowest BCUT2D eigenvalue weighted by atomic mass is 9.46. The molecule has 0 aromatic heterocycles. The van der Waals surface area contributed by atoms with Gasteiger partial charge in [0, 0.05) is 12.8 Å². The predicted molar refractivity (Wildman–Crippen MR) is 81.3 cm³/mol. The van der Waals surface area contributed by atoms with Crippen LogP contribution in [-0.4, -0.2) is 5.78 Å². The van der Waals surface area contributed by atoms with Crippen LogP contribution in [0.15, 0.2) is 11.6 Å². The number of fused-ring (bicyclic) bond motifs is 5. The third kappa shape index (κ3) is 1.64. The Morgan fingerprint density at radius 1 is 1.10 bits per heavy atom. The fourth-order valence-corrected chi connectivity index (χ4v) is 6.37. The standard InChI is InChI=1S/C19H28O/c1-18-9-3-4-16(18)15-6-5-13-12-14(20)7-11-19(13,2)17(15)8-10-18/h4,13,15,17H,3,5-12H2,1-2H3/t13-,15+,17+,18-,19-/m0/s1. The van der Waals surface area contributed by atoms with Gasteiger partial charge in [-0.3, -0.25) is 4.79 Å². The molecule has 3 saturated carbocycles. The summed E-state index contributed by atoms with van der Waals surface area (Å²) in [7, 11) is 0. The van der Waals surface area contributed by atoms with Gasteiger partial charge in [0.05, 0.1) is 0 Å². The van der Waals surface area contributed by atoms with E-state index >= 15 is 0 Å². The van der Waals surface area contributed by atoms with Gasteiger partial charge in [-0.2, -0.15) is 0 Å². The summed E-state index contributed by atoms with van der Waals surface area (Å²) in [4.78, 5) is 11.8. The van der Waals surface area contributed by atoms with Crippen LogP contribution < -0.4 is 0 Å². The molecule has 1 nitrogen and oxygen atoms in total. The van der Waals surface area contributed by atoms with Crippen molar-refractivity contribution in [3.05, 3.63) is 11.6 Å². The topological polar surface area (TPSA) is 17.1 Å². The van der Waals surface area contributed by atoms with E-state index in [1.54, 1.807) is 0 Å². The highest BCUT2D eigenvalue weighted by atomic mass is 16.1. The van der Waals surface area contributed by atoms with Crippen molar-refractivity contribution in [3.63, 3.8) is 0 Å². The van der Waals surface area contributed by atoms with Crippen LogP contribution in [0.2, 0.25) is 0 Å². The third-order valence-corrected chi connectivity index (χ3v) is 7.67. The van der Waals surface area contributed by atoms with Gasteiger partial charge in [0.15, 0.2) is 0 Å². The molecule has 20 heavy (non-hydrogen) atoms. The molecule has 0 N–H and O–H groups in total. The molecule has 0 saturated heterocycles. The van der Waals surface area contributed by atoms with E-state index in [2.05, 4.69) is 19.9 Å². The second-order valence-corrected chi connectivity index (χ2v) is 8.53. The van der Waals surface area contributed by atoms with Crippen LogP contribution in [0.5, 0.6) is 0 Å². The highest BCUT2D eigenvalue weighted by Crippen LogP contribution is 2.64. The molecule has 0 aromatic carbocycles. The number of hydrogen-bond acceptors (Lipinski definition) is 1. The van der Waals surface area contributed by atoms with E-state index in [9.17, 15) is 4.79 Å². The van der Waals surface area contributed by atoms with Gasteiger partial charge in [-0.1, -0.05) is 25.5 Å². The monoisotopic (exact) mass is 272 g/mol. The van der Waals surface area contributed by atoms with E-state index in [4.69, 9.17) is 0 Å². The highest BCUT2D eigenvalue weighted by Gasteiger charge is 2.55. The number of carbonyl (C=O) groups is 1. The predicted octanol–water partition coefficient (Wildman–Crippen LogP) is 4.91. The first kappa shape index (κ1) is 13.1. The van der Waals surface area contributed by atoms with Crippen LogP contribution in [0.4, 0.5) is 0 Å². The van der Waals surface area contributed by atoms with Gasteiger partial charge in [-0.25, -0.2) is 0 Å². The molecule has 110 valence electrons. The number of hydrogen-bond donors (Lipinski definition) is 0. The minimum Gasteiger partial charge on any atom is -0.300 e. The van der Waals surface area contributed by atoms with Crippen LogP contribution in [0.1, 0.15) is 71.6 Å². The maximum absolute atomic E-state index is 11.8. The largest absolute Gasteiger partial charge is 0.300 e. The zero-order chi connectivity index (χ0) is 14.0. The first-order valence-corrected chi connectivity index (χ1v) is 8.75. The molecule has 3 fully saturated rings. The SMILES string of the molecule is C[C@@]12CCC=C1[C@H]1CC[C@H]3CC(=O)CC[C@]3(C)[C@@H]1CC2. The lowest BCUT2D eigenvalue weighted by molar-refractivity contribution is -0.131. The summed E-state index contributed by atoms with van der Waals surface area (Å²) >= 11 is 0. The highest BCUT2D eigenvalue weighted by molar-refractivity contribution is 5.79. The van der Waals surface area contributed by atoms with E-state index in [1.807, 2.05) is 5.57 Å². The van der Waals surface area contributed by atoms with E-state index in [1.165, 1.54) is 44.9 Å². The van der Waals surface area contributed by atoms with E-state index < -0.39 is 0 Å². The number of ketones is 1. The van der Waals surface area contributed by atoms with Crippen molar-refractivity contribution in [3.8, 4) is 0 Å². The Balaban J connectivity index is 1.67. The fourth-order valence-electron chi connectivity index (χ4n) is 6.37. The minimum absolute atomic E-state index is 0.460. The van der Waals surface area contributed by atoms with Gasteiger partial charge in [0.25, 0.3) is 0 Å². The summed E-state index contributed by atoms with van der Waals surface area (Å²) in [5, 5.41) is 0. The maximum atomic E-state index is 11.8. The Morgan fingerprint density at radius 2 is 1.95 bits per heavy atom. The van der Waals surface area contributed by atoms with E-state index in [-0.39, 0.29) is 0 Å². The van der Waals surface area contributed by atoms with E-state index in [0.717, 1.165) is 24.7 Å². The molecule has 4 aliphatic rings. The number of carbonyl (C=O) groups excluding carboxylic acids is 1. The molecular formula is C19H28O. The molecule has 1 heteroatoms. The molecule has 0 amide bonds. The number of rotatable bonds is 0. The Morgan fingerprint density at radius 3 is 2.80 bits per heavy atom. The summed E-state index contributed by atoms with van der Waals surface area (Å²) < 4.78 is 0. The van der Waals surface area contributed by atoms with Gasteiger partial charge in [0.1, 0.15) is 5.78 Å². The van der Waals surface area contributed by atoms with Gasteiger partial charge in [-0.15, -0.1) is 0 Å². The fraction of sp³-hybridized carbons (Fsp3) is 0.842. The molecule has 0 spiro atoms. The van der Waals surface area contributed by atoms with Gasteiger partial charge >= 0.3 is 0 Å². The van der Waals surface area contributed by atoms with Crippen molar-refractivity contribution in [1.29, 1.82) is 0 Å². The average Bonchev–Trinajstić information content (AvgIpc) is 2.81. The molecule has 5 atom stereocenters. The molecular weight excluding hydrogens is 244 g/mol. The lowest BCUT2D eigenvalue weighted by Gasteiger charge is -2.58. The lowest BCUT2D eigenvalue weighted by Crippen LogP contribution is -2.50. The molecule has 0 unspecified atom stereocenters. The van der Waals surface area contributed by atoms with Crippen LogP contribution in [0, 0.1) is 28.6 Å². The molecule has 4 rings (SSSR count). The van der Waals surface area contributed by atoms with E-state index in [0.29, 0.717) is 22.5 Å². The summed E-state index contributed by atoms with van der Waals surface area (Å²) in [5.74, 6) is 2.94. The van der Waals surface area contributed by atoms with Crippen molar-refractivity contribution >= 4 is 5.78 Å². The summed E-state index contributed by atoms with van der Waals surface area (Å²) in [5.41, 5.74) is 2.82. The van der Waals surface area contributed by atoms with Crippen molar-refractivity contribution in [2.75, 3.05) is 0 Å². The van der Waals surface area contributed by atoms with Crippen LogP contribution in [-0.2, 0) is 4.79 Å². The average molecular weight is 272 g/mol. The zero-order valence-corrected chi connectivity index (χ0v) is 13.1. The Labute approximate surface area is 123 Å². The van der Waals surface area contributed by atoms with Crippen LogP contribution in [0.3, 0.4) is 0 Å². The van der Waals surface area contributed by atoms with Gasteiger partial charge in [0.2, 0.25) is 0 Å². The second-order valence-electron chi connectivity index (χ2n) is 8.53. The first-order chi connectivity index (χ1) is 9.53. The zero-order valence-electron chi connectivity index (χ0n) is 13.1. The molecule has 0 heterocycles. The molecule has 0 radical (unpaired) electrons. The smallest absolute Gasteiger partial charge is 0.133 e. The van der Waals surface area contributed by atoms with Crippen molar-refractivity contribution < 1.29 is 4.79 Å². The summed E-state index contributed by atoms with van der Waals surface area (Å²) in [6.45, 7) is 5.04. The van der Waals surface area contributed by atoms with Crippen molar-refractivity contribution in [2.24, 2.45) is 28.6 Å². The molecule has 4 aliphatic carbocycles. The van der Waals surface area contributed by atoms with Crippen molar-refractivity contribution in [1.82, 2.24) is 0 Å². The Bertz CT molecular complexity index is 476. The van der Waals surface area contributed by atoms with Gasteiger partial charge < -0.3 is 0 Å². The first-order valence-electron chi connectivity index (χ1n) is 8.75. The summed E-state index contributed by atoms with van der Waals surface area (Å²) in [6, 6.07) is 0. The third-order valence-electron chi connectivity index (χ3n) is 7.67. The Kier molecular flexibility index (Phi) is 2.76. The second kappa shape index (κ2) is 4.21. The summed E-state index contributed by atoms with van der Waals surface area (Å²) in [6.07, 6.45) is 13.7. The van der Waals surface area contributed by atoms with Crippen LogP contribution >= 0.6 is 0 Å². The molecule has 0 aromatic rings. The molecule has 0 bridgehead atoms. The normalized spacial score (nSPS) is 51.0. The number of Topliss-reactive ketones (excluding diaryl/α,β-unsaturated/α-hetero) is 1. The number of allylic oxidation sites excluding steroid dienone is 2. The minimum atomic E-state index is 0.460. The quantitative estimate of drug-likeness (QED) is 0.573. The molecule has 0 aliphatic heterocycles. The Hall–Kier alpha value is -0.590. The van der Waals surface area contributed by atoms with Gasteiger partial charge in [-0.05, 0) is 73.5 Å². The maximum Gasteiger partial charge on any atom is 0.133 e.